The van der Waals surface area contributed by atoms with Gasteiger partial charge >= 0.3 is 0 Å². The lowest BCUT2D eigenvalue weighted by molar-refractivity contribution is 0.466. The van der Waals surface area contributed by atoms with Crippen LogP contribution in [0.3, 0.4) is 0 Å². The second kappa shape index (κ2) is 7.62. The van der Waals surface area contributed by atoms with Gasteiger partial charge in [-0.2, -0.15) is 12.7 Å². The van der Waals surface area contributed by atoms with E-state index in [0.717, 1.165) is 43.4 Å². The zero-order valence-corrected chi connectivity index (χ0v) is 15.0. The Morgan fingerprint density at radius 3 is 2.42 bits per heavy atom. The highest BCUT2D eigenvalue weighted by Gasteiger charge is 2.24. The summed E-state index contributed by atoms with van der Waals surface area (Å²) in [6.45, 7) is 6.00. The third kappa shape index (κ3) is 4.34. The topological polar surface area (TPSA) is 90.5 Å². The fourth-order valence-electron chi connectivity index (χ4n) is 3.14. The molecule has 1 aromatic rings. The number of aryl methyl sites for hydroxylation is 1. The molecule has 0 bridgehead atoms. The van der Waals surface area contributed by atoms with Crippen LogP contribution in [0.1, 0.15) is 31.5 Å². The molecule has 3 rings (SSSR count). The molecule has 2 aliphatic rings. The molecule has 0 spiro atoms. The van der Waals surface area contributed by atoms with E-state index in [1.807, 2.05) is 13.0 Å². The molecule has 134 valence electrons. The summed E-state index contributed by atoms with van der Waals surface area (Å²) >= 11 is 0. The van der Waals surface area contributed by atoms with Crippen LogP contribution in [0.5, 0.6) is 0 Å². The number of aromatic nitrogens is 2. The molecule has 0 aliphatic carbocycles. The van der Waals surface area contributed by atoms with E-state index in [0.29, 0.717) is 26.2 Å². The number of hydrogen-bond donors (Lipinski definition) is 2. The molecule has 24 heavy (non-hydrogen) atoms. The predicted octanol–water partition coefficient (Wildman–Crippen LogP) is 0.727. The van der Waals surface area contributed by atoms with Gasteiger partial charge in [-0.05, 0) is 32.6 Å². The average molecular weight is 354 g/mol. The molecule has 0 aromatic carbocycles. The summed E-state index contributed by atoms with van der Waals surface area (Å²) in [5.74, 6) is 2.41. The highest BCUT2D eigenvalue weighted by atomic mass is 32.2. The van der Waals surface area contributed by atoms with Gasteiger partial charge in [0.05, 0.1) is 0 Å². The van der Waals surface area contributed by atoms with E-state index in [1.54, 1.807) is 0 Å². The van der Waals surface area contributed by atoms with E-state index in [1.165, 1.54) is 17.1 Å². The Hall–Kier alpha value is -1.45. The van der Waals surface area contributed by atoms with Gasteiger partial charge < -0.3 is 10.2 Å². The van der Waals surface area contributed by atoms with Crippen LogP contribution < -0.4 is 14.9 Å². The number of nitrogens with zero attached hydrogens (tertiary/aromatic N) is 4. The molecular formula is C15H26N6O2S. The van der Waals surface area contributed by atoms with Gasteiger partial charge in [0.1, 0.15) is 17.5 Å². The van der Waals surface area contributed by atoms with Crippen LogP contribution in [0.2, 0.25) is 0 Å². The molecule has 8 nitrogen and oxygen atoms in total. The Morgan fingerprint density at radius 1 is 1.04 bits per heavy atom. The van der Waals surface area contributed by atoms with Crippen LogP contribution in [0.4, 0.5) is 11.6 Å². The largest absolute Gasteiger partial charge is 0.369 e. The molecule has 1 aromatic heterocycles. The third-order valence-corrected chi connectivity index (χ3v) is 5.99. The van der Waals surface area contributed by atoms with Gasteiger partial charge in [-0.1, -0.05) is 0 Å². The number of rotatable bonds is 7. The maximum absolute atomic E-state index is 12.1. The Morgan fingerprint density at radius 2 is 1.71 bits per heavy atom. The molecule has 0 amide bonds. The first-order chi connectivity index (χ1) is 11.5. The quantitative estimate of drug-likeness (QED) is 0.702. The van der Waals surface area contributed by atoms with Crippen molar-refractivity contribution < 1.29 is 8.42 Å². The highest BCUT2D eigenvalue weighted by Crippen LogP contribution is 2.20. The van der Waals surface area contributed by atoms with Crippen LogP contribution in [0, 0.1) is 6.92 Å². The van der Waals surface area contributed by atoms with Gasteiger partial charge in [-0.15, -0.1) is 0 Å². The smallest absolute Gasteiger partial charge is 0.279 e. The summed E-state index contributed by atoms with van der Waals surface area (Å²) in [6, 6.07) is 1.94. The van der Waals surface area contributed by atoms with Crippen molar-refractivity contribution in [2.45, 2.75) is 32.6 Å². The van der Waals surface area contributed by atoms with Gasteiger partial charge in [0.2, 0.25) is 0 Å². The summed E-state index contributed by atoms with van der Waals surface area (Å²) in [5, 5.41) is 3.19. The maximum Gasteiger partial charge on any atom is 0.279 e. The average Bonchev–Trinajstić information content (AvgIpc) is 3.23. The lowest BCUT2D eigenvalue weighted by atomic mass is 10.4. The van der Waals surface area contributed by atoms with E-state index in [9.17, 15) is 8.42 Å². The first-order valence-electron chi connectivity index (χ1n) is 8.64. The van der Waals surface area contributed by atoms with Crippen molar-refractivity contribution in [3.63, 3.8) is 0 Å². The Kier molecular flexibility index (Phi) is 5.52. The fraction of sp³-hybridized carbons (Fsp3) is 0.733. The second-order valence-electron chi connectivity index (χ2n) is 6.29. The van der Waals surface area contributed by atoms with Crippen LogP contribution in [-0.4, -0.2) is 62.0 Å². The number of nitrogens with one attached hydrogen (secondary N) is 2. The van der Waals surface area contributed by atoms with Gasteiger partial charge in [0, 0.05) is 45.3 Å². The molecule has 2 saturated heterocycles. The maximum atomic E-state index is 12.1. The predicted molar refractivity (Wildman–Crippen MR) is 94.4 cm³/mol. The van der Waals surface area contributed by atoms with E-state index in [2.05, 4.69) is 24.9 Å². The van der Waals surface area contributed by atoms with Crippen molar-refractivity contribution in [2.75, 3.05) is 49.5 Å². The van der Waals surface area contributed by atoms with Crippen LogP contribution in [-0.2, 0) is 10.2 Å². The lowest BCUT2D eigenvalue weighted by Crippen LogP contribution is -2.40. The summed E-state index contributed by atoms with van der Waals surface area (Å²) in [6.07, 6.45) is 4.28. The molecule has 9 heteroatoms. The molecule has 0 saturated carbocycles. The molecule has 2 aliphatic heterocycles. The van der Waals surface area contributed by atoms with Gasteiger partial charge in [-0.25, -0.2) is 14.7 Å². The van der Waals surface area contributed by atoms with Crippen molar-refractivity contribution in [3.05, 3.63) is 11.9 Å². The molecule has 0 radical (unpaired) electrons. The monoisotopic (exact) mass is 354 g/mol. The standard InChI is InChI=1S/C15H26N6O2S/c1-13-18-14(12-15(19-13)20-8-2-3-9-20)16-6-7-17-24(22,23)21-10-4-5-11-21/h12,17H,2-11H2,1H3,(H,16,18,19). The normalized spacial score (nSPS) is 19.1. The van der Waals surface area contributed by atoms with Gasteiger partial charge in [0.15, 0.2) is 0 Å². The summed E-state index contributed by atoms with van der Waals surface area (Å²) in [4.78, 5) is 11.1. The third-order valence-electron chi connectivity index (χ3n) is 4.38. The Bertz CT molecular complexity index is 654. The highest BCUT2D eigenvalue weighted by molar-refractivity contribution is 7.87. The number of anilines is 2. The minimum absolute atomic E-state index is 0.334. The van der Waals surface area contributed by atoms with E-state index >= 15 is 0 Å². The molecular weight excluding hydrogens is 328 g/mol. The SMILES string of the molecule is Cc1nc(NCCNS(=O)(=O)N2CCCC2)cc(N2CCCC2)n1. The summed E-state index contributed by atoms with van der Waals surface area (Å²) in [7, 11) is -3.34. The van der Waals surface area contributed by atoms with Crippen LogP contribution >= 0.6 is 0 Å². The first kappa shape index (κ1) is 17.4. The minimum atomic E-state index is -3.34. The van der Waals surface area contributed by atoms with Crippen molar-refractivity contribution in [1.82, 2.24) is 19.0 Å². The van der Waals surface area contributed by atoms with Crippen LogP contribution in [0.15, 0.2) is 6.07 Å². The van der Waals surface area contributed by atoms with E-state index < -0.39 is 10.2 Å². The zero-order chi connectivity index (χ0) is 17.0. The fourth-order valence-corrected chi connectivity index (χ4v) is 4.42. The lowest BCUT2D eigenvalue weighted by Gasteiger charge is -2.18. The molecule has 2 N–H and O–H groups in total. The molecule has 0 unspecified atom stereocenters. The minimum Gasteiger partial charge on any atom is -0.369 e. The molecule has 3 heterocycles. The van der Waals surface area contributed by atoms with Crippen molar-refractivity contribution in [1.29, 1.82) is 0 Å². The molecule has 2 fully saturated rings. The number of hydrogen-bond acceptors (Lipinski definition) is 6. The van der Waals surface area contributed by atoms with E-state index in [4.69, 9.17) is 0 Å². The van der Waals surface area contributed by atoms with Crippen molar-refractivity contribution in [3.8, 4) is 0 Å². The summed E-state index contributed by atoms with van der Waals surface area (Å²) in [5.41, 5.74) is 0. The summed E-state index contributed by atoms with van der Waals surface area (Å²) < 4.78 is 28.3. The second-order valence-corrected chi connectivity index (χ2v) is 8.04. The van der Waals surface area contributed by atoms with Crippen molar-refractivity contribution >= 4 is 21.8 Å². The van der Waals surface area contributed by atoms with Crippen LogP contribution in [0.25, 0.3) is 0 Å². The Balaban J connectivity index is 1.51. The van der Waals surface area contributed by atoms with Gasteiger partial charge in [0.25, 0.3) is 10.2 Å². The van der Waals surface area contributed by atoms with Crippen molar-refractivity contribution in [2.24, 2.45) is 0 Å². The Labute approximate surface area is 143 Å². The molecule has 0 atom stereocenters. The van der Waals surface area contributed by atoms with E-state index in [-0.39, 0.29) is 0 Å². The zero-order valence-electron chi connectivity index (χ0n) is 14.2. The van der Waals surface area contributed by atoms with Gasteiger partial charge in [-0.3, -0.25) is 0 Å². The first-order valence-corrected chi connectivity index (χ1v) is 10.1.